The first-order valence-corrected chi connectivity index (χ1v) is 6.60. The van der Waals surface area contributed by atoms with Gasteiger partial charge in [-0.1, -0.05) is 30.0 Å². The molecular weight excluding hydrogens is 247 g/mol. The van der Waals surface area contributed by atoms with Gasteiger partial charge in [0, 0.05) is 9.79 Å². The molecule has 0 bridgehead atoms. The maximum atomic E-state index is 13.2. The van der Waals surface area contributed by atoms with Crippen molar-refractivity contribution in [3.05, 3.63) is 59.4 Å². The lowest BCUT2D eigenvalue weighted by atomic mass is 10.1. The molecule has 0 aliphatic carbocycles. The molecule has 18 heavy (non-hydrogen) atoms. The monoisotopic (exact) mass is 262 g/mol. The molecule has 1 N–H and O–H groups in total. The molecule has 1 atom stereocenters. The number of halogens is 1. The molecule has 1 nitrogen and oxygen atoms in total. The van der Waals surface area contributed by atoms with Crippen LogP contribution in [0.3, 0.4) is 0 Å². The Morgan fingerprint density at radius 1 is 1.11 bits per heavy atom. The topological polar surface area (TPSA) is 20.2 Å². The predicted molar refractivity (Wildman–Crippen MR) is 72.3 cm³/mol. The van der Waals surface area contributed by atoms with Crippen LogP contribution in [0.5, 0.6) is 0 Å². The van der Waals surface area contributed by atoms with Crippen LogP contribution in [0.15, 0.2) is 52.3 Å². The van der Waals surface area contributed by atoms with E-state index in [1.807, 2.05) is 31.2 Å². The highest BCUT2D eigenvalue weighted by molar-refractivity contribution is 7.99. The summed E-state index contributed by atoms with van der Waals surface area (Å²) < 4.78 is 13.2. The van der Waals surface area contributed by atoms with Gasteiger partial charge < -0.3 is 5.11 Å². The highest BCUT2D eigenvalue weighted by Gasteiger charge is 2.11. The molecule has 0 amide bonds. The third kappa shape index (κ3) is 2.92. The Morgan fingerprint density at radius 2 is 1.83 bits per heavy atom. The standard InChI is InChI=1S/C15H15FOS/c1-10-5-3-4-6-14(10)18-15-8-7-12(16)9-13(15)11(2)17/h3-9,11,17H,1-2H3/t11-/m0/s1. The molecular formula is C15H15FOS. The van der Waals surface area contributed by atoms with Gasteiger partial charge in [-0.05, 0) is 49.2 Å². The van der Waals surface area contributed by atoms with E-state index in [0.29, 0.717) is 5.56 Å². The molecule has 0 aliphatic heterocycles. The van der Waals surface area contributed by atoms with Gasteiger partial charge in [0.15, 0.2) is 0 Å². The van der Waals surface area contributed by atoms with Crippen LogP contribution in [0.2, 0.25) is 0 Å². The highest BCUT2D eigenvalue weighted by Crippen LogP contribution is 2.35. The molecule has 0 saturated heterocycles. The molecule has 0 fully saturated rings. The third-order valence-corrected chi connectivity index (χ3v) is 4.01. The van der Waals surface area contributed by atoms with Crippen LogP contribution >= 0.6 is 11.8 Å². The van der Waals surface area contributed by atoms with Crippen molar-refractivity contribution in [2.45, 2.75) is 29.7 Å². The van der Waals surface area contributed by atoms with Crippen molar-refractivity contribution >= 4 is 11.8 Å². The summed E-state index contributed by atoms with van der Waals surface area (Å²) in [6.45, 7) is 3.69. The van der Waals surface area contributed by atoms with Gasteiger partial charge in [-0.3, -0.25) is 0 Å². The van der Waals surface area contributed by atoms with Crippen molar-refractivity contribution in [2.75, 3.05) is 0 Å². The van der Waals surface area contributed by atoms with Crippen LogP contribution in [0, 0.1) is 12.7 Å². The fraction of sp³-hybridized carbons (Fsp3) is 0.200. The summed E-state index contributed by atoms with van der Waals surface area (Å²) in [4.78, 5) is 2.01. The maximum Gasteiger partial charge on any atom is 0.123 e. The molecule has 0 spiro atoms. The molecule has 2 aromatic rings. The second-order valence-electron chi connectivity index (χ2n) is 4.23. The van der Waals surface area contributed by atoms with E-state index >= 15 is 0 Å². The number of hydrogen-bond donors (Lipinski definition) is 1. The van der Waals surface area contributed by atoms with E-state index in [1.165, 1.54) is 17.7 Å². The molecule has 0 saturated carbocycles. The van der Waals surface area contributed by atoms with E-state index in [-0.39, 0.29) is 5.82 Å². The first kappa shape index (κ1) is 13.1. The second-order valence-corrected chi connectivity index (χ2v) is 5.31. The summed E-state index contributed by atoms with van der Waals surface area (Å²) in [6.07, 6.45) is -0.674. The molecule has 0 unspecified atom stereocenters. The van der Waals surface area contributed by atoms with Crippen molar-refractivity contribution < 1.29 is 9.50 Å². The third-order valence-electron chi connectivity index (χ3n) is 2.74. The fourth-order valence-corrected chi connectivity index (χ4v) is 2.82. The number of aliphatic hydroxyl groups is 1. The summed E-state index contributed by atoms with van der Waals surface area (Å²) >= 11 is 1.55. The number of hydrogen-bond acceptors (Lipinski definition) is 2. The Morgan fingerprint density at radius 3 is 2.50 bits per heavy atom. The zero-order valence-electron chi connectivity index (χ0n) is 10.4. The van der Waals surface area contributed by atoms with Crippen molar-refractivity contribution in [1.29, 1.82) is 0 Å². The summed E-state index contributed by atoms with van der Waals surface area (Å²) in [7, 11) is 0. The van der Waals surface area contributed by atoms with Crippen molar-refractivity contribution in [3.63, 3.8) is 0 Å². The number of rotatable bonds is 3. The van der Waals surface area contributed by atoms with Crippen molar-refractivity contribution in [2.24, 2.45) is 0 Å². The van der Waals surface area contributed by atoms with Gasteiger partial charge in [-0.25, -0.2) is 4.39 Å². The second kappa shape index (κ2) is 5.55. The summed E-state index contributed by atoms with van der Waals surface area (Å²) in [5.41, 5.74) is 1.80. The smallest absolute Gasteiger partial charge is 0.123 e. The van der Waals surface area contributed by atoms with E-state index in [9.17, 15) is 9.50 Å². The number of aryl methyl sites for hydroxylation is 1. The molecule has 3 heteroatoms. The first-order valence-electron chi connectivity index (χ1n) is 5.79. The van der Waals surface area contributed by atoms with Crippen LogP contribution < -0.4 is 0 Å². The minimum absolute atomic E-state index is 0.319. The van der Waals surface area contributed by atoms with Gasteiger partial charge in [-0.15, -0.1) is 0 Å². The zero-order chi connectivity index (χ0) is 13.1. The Balaban J connectivity index is 2.37. The zero-order valence-corrected chi connectivity index (χ0v) is 11.2. The van der Waals surface area contributed by atoms with E-state index in [2.05, 4.69) is 0 Å². The van der Waals surface area contributed by atoms with Gasteiger partial charge in [0.1, 0.15) is 5.82 Å². The van der Waals surface area contributed by atoms with Gasteiger partial charge in [0.25, 0.3) is 0 Å². The number of aliphatic hydroxyl groups excluding tert-OH is 1. The average molecular weight is 262 g/mol. The lowest BCUT2D eigenvalue weighted by Gasteiger charge is -2.12. The fourth-order valence-electron chi connectivity index (χ4n) is 1.73. The van der Waals surface area contributed by atoms with E-state index in [0.717, 1.165) is 9.79 Å². The Kier molecular flexibility index (Phi) is 4.04. The van der Waals surface area contributed by atoms with E-state index in [1.54, 1.807) is 24.8 Å². The Hall–Kier alpha value is -1.32. The highest BCUT2D eigenvalue weighted by atomic mass is 32.2. The van der Waals surface area contributed by atoms with Gasteiger partial charge >= 0.3 is 0 Å². The Labute approximate surface area is 111 Å². The molecule has 0 heterocycles. The molecule has 2 rings (SSSR count). The van der Waals surface area contributed by atoms with Crippen LogP contribution in [0.25, 0.3) is 0 Å². The van der Waals surface area contributed by atoms with E-state index in [4.69, 9.17) is 0 Å². The largest absolute Gasteiger partial charge is 0.389 e. The minimum atomic E-state index is -0.674. The predicted octanol–water partition coefficient (Wildman–Crippen LogP) is 4.34. The minimum Gasteiger partial charge on any atom is -0.389 e. The SMILES string of the molecule is Cc1ccccc1Sc1ccc(F)cc1[C@H](C)O. The van der Waals surface area contributed by atoms with Crippen LogP contribution in [-0.2, 0) is 0 Å². The van der Waals surface area contributed by atoms with Crippen molar-refractivity contribution in [3.8, 4) is 0 Å². The lowest BCUT2D eigenvalue weighted by molar-refractivity contribution is 0.196. The van der Waals surface area contributed by atoms with Gasteiger partial charge in [0.05, 0.1) is 6.10 Å². The summed E-state index contributed by atoms with van der Waals surface area (Å²) in [6, 6.07) is 12.6. The van der Waals surface area contributed by atoms with Gasteiger partial charge in [0.2, 0.25) is 0 Å². The number of benzene rings is 2. The maximum absolute atomic E-state index is 13.2. The quantitative estimate of drug-likeness (QED) is 0.888. The normalized spacial score (nSPS) is 12.4. The molecule has 2 aromatic carbocycles. The molecule has 0 aliphatic rings. The van der Waals surface area contributed by atoms with Crippen molar-refractivity contribution in [1.82, 2.24) is 0 Å². The summed E-state index contributed by atoms with van der Waals surface area (Å²) in [5, 5.41) is 9.70. The van der Waals surface area contributed by atoms with Crippen LogP contribution in [-0.4, -0.2) is 5.11 Å². The van der Waals surface area contributed by atoms with Gasteiger partial charge in [-0.2, -0.15) is 0 Å². The van der Waals surface area contributed by atoms with E-state index < -0.39 is 6.10 Å². The Bertz CT molecular complexity index is 552. The molecule has 0 aromatic heterocycles. The summed E-state index contributed by atoms with van der Waals surface area (Å²) in [5.74, 6) is -0.319. The molecule has 0 radical (unpaired) electrons. The lowest BCUT2D eigenvalue weighted by Crippen LogP contribution is -1.95. The molecule has 94 valence electrons. The van der Waals surface area contributed by atoms with Crippen LogP contribution in [0.4, 0.5) is 4.39 Å². The first-order chi connectivity index (χ1) is 8.58. The average Bonchev–Trinajstić information content (AvgIpc) is 2.34. The van der Waals surface area contributed by atoms with Crippen LogP contribution in [0.1, 0.15) is 24.2 Å².